The first kappa shape index (κ1) is 16.4. The van der Waals surface area contributed by atoms with Crippen LogP contribution in [0.1, 0.15) is 30.5 Å². The summed E-state index contributed by atoms with van der Waals surface area (Å²) < 4.78 is 5.45. The monoisotopic (exact) mass is 317 g/mol. The van der Waals surface area contributed by atoms with Gasteiger partial charge < -0.3 is 10.1 Å². The summed E-state index contributed by atoms with van der Waals surface area (Å²) in [6.07, 6.45) is 0.825. The van der Waals surface area contributed by atoms with Crippen molar-refractivity contribution in [1.82, 2.24) is 5.32 Å². The van der Waals surface area contributed by atoms with Crippen LogP contribution in [-0.2, 0) is 4.79 Å². The fourth-order valence-corrected chi connectivity index (χ4v) is 2.34. The van der Waals surface area contributed by atoms with Crippen molar-refractivity contribution < 1.29 is 9.53 Å². The lowest BCUT2D eigenvalue weighted by Gasteiger charge is -2.18. The van der Waals surface area contributed by atoms with Crippen molar-refractivity contribution in [3.05, 3.63) is 64.7 Å². The highest BCUT2D eigenvalue weighted by Gasteiger charge is 2.13. The predicted molar refractivity (Wildman–Crippen MR) is 89.3 cm³/mol. The first-order valence-corrected chi connectivity index (χ1v) is 7.70. The Labute approximate surface area is 136 Å². The van der Waals surface area contributed by atoms with Gasteiger partial charge in [-0.05, 0) is 37.1 Å². The minimum atomic E-state index is -0.146. The number of hydrogen-bond acceptors (Lipinski definition) is 2. The lowest BCUT2D eigenvalue weighted by molar-refractivity contribution is -0.123. The number of hydrogen-bond donors (Lipinski definition) is 1. The molecule has 2 rings (SSSR count). The van der Waals surface area contributed by atoms with Gasteiger partial charge in [-0.2, -0.15) is 0 Å². The van der Waals surface area contributed by atoms with Crippen LogP contribution in [0.4, 0.5) is 0 Å². The van der Waals surface area contributed by atoms with Crippen LogP contribution >= 0.6 is 11.6 Å². The minimum absolute atomic E-state index is 0.00365. The van der Waals surface area contributed by atoms with E-state index < -0.39 is 0 Å². The summed E-state index contributed by atoms with van der Waals surface area (Å²) >= 11 is 5.88. The van der Waals surface area contributed by atoms with Gasteiger partial charge in [-0.15, -0.1) is 0 Å². The number of benzene rings is 2. The highest BCUT2D eigenvalue weighted by Crippen LogP contribution is 2.18. The van der Waals surface area contributed by atoms with Crippen LogP contribution in [-0.4, -0.2) is 12.5 Å². The van der Waals surface area contributed by atoms with Crippen molar-refractivity contribution in [1.29, 1.82) is 0 Å². The Hall–Kier alpha value is -2.00. The second-order valence-electron chi connectivity index (χ2n) is 5.19. The molecule has 1 amide bonds. The summed E-state index contributed by atoms with van der Waals surface area (Å²) in [5, 5.41) is 3.58. The van der Waals surface area contributed by atoms with Crippen LogP contribution < -0.4 is 10.1 Å². The normalized spacial score (nSPS) is 11.8. The fourth-order valence-electron chi connectivity index (χ4n) is 2.16. The molecule has 2 aromatic rings. The molecule has 0 saturated carbocycles. The van der Waals surface area contributed by atoms with E-state index in [1.165, 1.54) is 5.56 Å². The molecule has 0 aliphatic carbocycles. The van der Waals surface area contributed by atoms with E-state index >= 15 is 0 Å². The van der Waals surface area contributed by atoms with Gasteiger partial charge in [0.05, 0.1) is 6.04 Å². The summed E-state index contributed by atoms with van der Waals surface area (Å²) in [5.74, 6) is 0.443. The molecule has 0 saturated heterocycles. The molecule has 0 heterocycles. The van der Waals surface area contributed by atoms with E-state index in [2.05, 4.69) is 5.32 Å². The van der Waals surface area contributed by atoms with Gasteiger partial charge in [0.25, 0.3) is 5.91 Å². The SMILES string of the molecule is CCC(NC(=O)COc1cccc(Cl)c1)c1ccc(C)cc1. The highest BCUT2D eigenvalue weighted by atomic mass is 35.5. The summed E-state index contributed by atoms with van der Waals surface area (Å²) in [7, 11) is 0. The first-order chi connectivity index (χ1) is 10.6. The average Bonchev–Trinajstić information content (AvgIpc) is 2.52. The summed E-state index contributed by atoms with van der Waals surface area (Å²) in [4.78, 5) is 12.0. The molecule has 2 aromatic carbocycles. The molecule has 1 N–H and O–H groups in total. The molecule has 116 valence electrons. The van der Waals surface area contributed by atoms with Crippen molar-refractivity contribution in [3.8, 4) is 5.75 Å². The Kier molecular flexibility index (Phi) is 5.84. The zero-order valence-corrected chi connectivity index (χ0v) is 13.6. The Morgan fingerprint density at radius 3 is 2.59 bits per heavy atom. The number of rotatable bonds is 6. The van der Waals surface area contributed by atoms with Crippen LogP contribution in [0.15, 0.2) is 48.5 Å². The molecule has 3 nitrogen and oxygen atoms in total. The van der Waals surface area contributed by atoms with Gasteiger partial charge >= 0.3 is 0 Å². The van der Waals surface area contributed by atoms with Crippen molar-refractivity contribution in [2.24, 2.45) is 0 Å². The third-order valence-electron chi connectivity index (χ3n) is 3.39. The largest absolute Gasteiger partial charge is 0.484 e. The van der Waals surface area contributed by atoms with Gasteiger partial charge in [0.15, 0.2) is 6.61 Å². The molecule has 0 bridgehead atoms. The topological polar surface area (TPSA) is 38.3 Å². The summed E-state index contributed by atoms with van der Waals surface area (Å²) in [5.41, 5.74) is 2.30. The van der Waals surface area contributed by atoms with Crippen LogP contribution in [0.25, 0.3) is 0 Å². The second kappa shape index (κ2) is 7.85. The molecule has 0 aliphatic rings. The maximum atomic E-state index is 12.0. The summed E-state index contributed by atoms with van der Waals surface area (Å²) in [6.45, 7) is 4.06. The van der Waals surface area contributed by atoms with E-state index in [-0.39, 0.29) is 18.6 Å². The van der Waals surface area contributed by atoms with E-state index in [0.717, 1.165) is 12.0 Å². The van der Waals surface area contributed by atoms with Gasteiger partial charge in [-0.25, -0.2) is 0 Å². The Balaban J connectivity index is 1.90. The lowest BCUT2D eigenvalue weighted by Crippen LogP contribution is -2.32. The Morgan fingerprint density at radius 2 is 1.95 bits per heavy atom. The molecule has 0 radical (unpaired) electrons. The van der Waals surface area contributed by atoms with Crippen molar-refractivity contribution in [2.75, 3.05) is 6.61 Å². The van der Waals surface area contributed by atoms with Crippen molar-refractivity contribution in [2.45, 2.75) is 26.3 Å². The van der Waals surface area contributed by atoms with Crippen LogP contribution in [0.3, 0.4) is 0 Å². The second-order valence-corrected chi connectivity index (χ2v) is 5.62. The number of halogens is 1. The number of carbonyl (C=O) groups excluding carboxylic acids is 1. The number of amides is 1. The molecule has 0 fully saturated rings. The van der Waals surface area contributed by atoms with E-state index in [0.29, 0.717) is 10.8 Å². The molecular weight excluding hydrogens is 298 g/mol. The van der Waals surface area contributed by atoms with Crippen LogP contribution in [0.2, 0.25) is 5.02 Å². The lowest BCUT2D eigenvalue weighted by atomic mass is 10.0. The van der Waals surface area contributed by atoms with Gasteiger partial charge in [0.2, 0.25) is 0 Å². The van der Waals surface area contributed by atoms with E-state index in [1.54, 1.807) is 24.3 Å². The highest BCUT2D eigenvalue weighted by molar-refractivity contribution is 6.30. The third-order valence-corrected chi connectivity index (χ3v) is 3.62. The third kappa shape index (κ3) is 4.78. The van der Waals surface area contributed by atoms with Crippen molar-refractivity contribution in [3.63, 3.8) is 0 Å². The van der Waals surface area contributed by atoms with Crippen molar-refractivity contribution >= 4 is 17.5 Å². The summed E-state index contributed by atoms with van der Waals surface area (Å²) in [6, 6.07) is 15.2. The number of carbonyl (C=O) groups is 1. The molecule has 0 aromatic heterocycles. The molecule has 1 unspecified atom stereocenters. The molecular formula is C18H20ClNO2. The standard InChI is InChI=1S/C18H20ClNO2/c1-3-17(14-9-7-13(2)8-10-14)20-18(21)12-22-16-6-4-5-15(19)11-16/h4-11,17H,3,12H2,1-2H3,(H,20,21). The number of ether oxygens (including phenoxy) is 1. The molecule has 0 aliphatic heterocycles. The van der Waals surface area contributed by atoms with Crippen LogP contribution in [0, 0.1) is 6.92 Å². The zero-order chi connectivity index (χ0) is 15.9. The Morgan fingerprint density at radius 1 is 1.23 bits per heavy atom. The predicted octanol–water partition coefficient (Wildman–Crippen LogP) is 4.29. The smallest absolute Gasteiger partial charge is 0.258 e. The molecule has 0 spiro atoms. The first-order valence-electron chi connectivity index (χ1n) is 7.32. The molecule has 22 heavy (non-hydrogen) atoms. The van der Waals surface area contributed by atoms with Crippen LogP contribution in [0.5, 0.6) is 5.75 Å². The van der Waals surface area contributed by atoms with E-state index in [1.807, 2.05) is 38.1 Å². The molecule has 1 atom stereocenters. The number of aryl methyl sites for hydroxylation is 1. The van der Waals surface area contributed by atoms with E-state index in [9.17, 15) is 4.79 Å². The van der Waals surface area contributed by atoms with Gasteiger partial charge in [-0.3, -0.25) is 4.79 Å². The fraction of sp³-hybridized carbons (Fsp3) is 0.278. The van der Waals surface area contributed by atoms with Gasteiger partial charge in [0.1, 0.15) is 5.75 Å². The quantitative estimate of drug-likeness (QED) is 0.863. The van der Waals surface area contributed by atoms with Gasteiger partial charge in [0, 0.05) is 5.02 Å². The zero-order valence-electron chi connectivity index (χ0n) is 12.8. The minimum Gasteiger partial charge on any atom is -0.484 e. The average molecular weight is 318 g/mol. The maximum absolute atomic E-state index is 12.0. The van der Waals surface area contributed by atoms with Gasteiger partial charge in [-0.1, -0.05) is 54.4 Å². The van der Waals surface area contributed by atoms with E-state index in [4.69, 9.17) is 16.3 Å². The molecule has 4 heteroatoms. The number of nitrogens with one attached hydrogen (secondary N) is 1. The maximum Gasteiger partial charge on any atom is 0.258 e. The Bertz CT molecular complexity index is 625.